The number of carbonyl (C=O) groups is 2. The van der Waals surface area contributed by atoms with Crippen molar-refractivity contribution in [2.24, 2.45) is 5.41 Å². The normalized spacial score (nSPS) is 21.9. The van der Waals surface area contributed by atoms with Gasteiger partial charge in [0, 0.05) is 46.2 Å². The molecule has 2 aromatic rings. The fraction of sp³-hybridized carbons (Fsp3) is 0.476. The van der Waals surface area contributed by atoms with Gasteiger partial charge in [-0.3, -0.25) is 9.59 Å². The van der Waals surface area contributed by atoms with Crippen molar-refractivity contribution < 1.29 is 14.3 Å². The number of ether oxygens (including phenoxy) is 1. The molecule has 2 amide bonds. The molecule has 4 rings (SSSR count). The topological polar surface area (TPSA) is 67.7 Å². The molecule has 148 valence electrons. The molecule has 0 saturated carbocycles. The Kier molecular flexibility index (Phi) is 4.93. The third-order valence-corrected chi connectivity index (χ3v) is 6.12. The lowest BCUT2D eigenvalue weighted by Crippen LogP contribution is -2.57. The summed E-state index contributed by atoms with van der Waals surface area (Å²) >= 11 is 0. The molecule has 1 aromatic heterocycles. The van der Waals surface area contributed by atoms with Crippen molar-refractivity contribution >= 4 is 11.8 Å². The molecule has 2 aliphatic heterocycles. The molecule has 0 radical (unpaired) electrons. The first kappa shape index (κ1) is 18.7. The zero-order valence-corrected chi connectivity index (χ0v) is 16.4. The van der Waals surface area contributed by atoms with Crippen LogP contribution in [0.15, 0.2) is 42.7 Å². The second kappa shape index (κ2) is 7.39. The van der Waals surface area contributed by atoms with E-state index in [1.165, 1.54) is 0 Å². The number of nitrogens with zero attached hydrogens (tertiary/aromatic N) is 4. The Hall–Kier alpha value is -2.67. The van der Waals surface area contributed by atoms with Crippen LogP contribution in [0.25, 0.3) is 5.69 Å². The van der Waals surface area contributed by atoms with Crippen LogP contribution >= 0.6 is 0 Å². The van der Waals surface area contributed by atoms with E-state index in [1.807, 2.05) is 48.5 Å². The summed E-state index contributed by atoms with van der Waals surface area (Å²) in [4.78, 5) is 29.7. The van der Waals surface area contributed by atoms with E-state index in [0.717, 1.165) is 12.1 Å². The maximum absolute atomic E-state index is 13.2. The highest BCUT2D eigenvalue weighted by Crippen LogP contribution is 2.41. The number of likely N-dealkylation sites (tertiary alicyclic amines) is 2. The molecule has 7 nitrogen and oxygen atoms in total. The van der Waals surface area contributed by atoms with Crippen molar-refractivity contribution in [3.8, 4) is 5.69 Å². The minimum atomic E-state index is -0.411. The molecule has 3 heterocycles. The largest absolute Gasteiger partial charge is 0.380 e. The van der Waals surface area contributed by atoms with Gasteiger partial charge in [-0.05, 0) is 37.5 Å². The van der Waals surface area contributed by atoms with Gasteiger partial charge in [-0.2, -0.15) is 5.10 Å². The van der Waals surface area contributed by atoms with Crippen molar-refractivity contribution in [3.05, 3.63) is 48.3 Å². The van der Waals surface area contributed by atoms with Gasteiger partial charge in [0.25, 0.3) is 5.91 Å². The highest BCUT2D eigenvalue weighted by molar-refractivity contribution is 5.98. The Bertz CT molecular complexity index is 856. The molecule has 0 bridgehead atoms. The van der Waals surface area contributed by atoms with Crippen LogP contribution in [0.1, 0.15) is 29.6 Å². The molecule has 2 aliphatic rings. The lowest BCUT2D eigenvalue weighted by Gasteiger charge is -2.47. The summed E-state index contributed by atoms with van der Waals surface area (Å²) in [5, 5.41) is 4.26. The predicted molar refractivity (Wildman–Crippen MR) is 104 cm³/mol. The Morgan fingerprint density at radius 1 is 1.21 bits per heavy atom. The van der Waals surface area contributed by atoms with Gasteiger partial charge in [-0.1, -0.05) is 12.1 Å². The average molecular weight is 382 g/mol. The van der Waals surface area contributed by atoms with E-state index in [4.69, 9.17) is 4.74 Å². The average Bonchev–Trinajstić information content (AvgIpc) is 3.26. The molecule has 1 aromatic carbocycles. The lowest BCUT2D eigenvalue weighted by molar-refractivity contribution is -0.155. The molecule has 2 saturated heterocycles. The van der Waals surface area contributed by atoms with E-state index >= 15 is 0 Å². The summed E-state index contributed by atoms with van der Waals surface area (Å²) in [5.41, 5.74) is 0.987. The van der Waals surface area contributed by atoms with Crippen LogP contribution in [-0.4, -0.2) is 71.3 Å². The van der Waals surface area contributed by atoms with Gasteiger partial charge in [-0.15, -0.1) is 0 Å². The highest BCUT2D eigenvalue weighted by atomic mass is 16.5. The molecule has 1 atom stereocenters. The quantitative estimate of drug-likeness (QED) is 0.814. The fourth-order valence-corrected chi connectivity index (χ4v) is 4.53. The van der Waals surface area contributed by atoms with Gasteiger partial charge >= 0.3 is 0 Å². The Balaban J connectivity index is 1.52. The lowest BCUT2D eigenvalue weighted by atomic mass is 9.71. The molecule has 1 spiro atoms. The standard InChI is InChI=1S/C21H26N4O3/c1-23-15-16(28-2)14-21(20(23)27)8-12-24(13-9-21)19(26)17-6-3-4-7-18(17)25-11-5-10-22-25/h3-7,10-11,16H,8-9,12-15H2,1-2H3. The van der Waals surface area contributed by atoms with Crippen LogP contribution in [0.5, 0.6) is 0 Å². The number of carbonyl (C=O) groups excluding carboxylic acids is 2. The van der Waals surface area contributed by atoms with Gasteiger partial charge in [0.1, 0.15) is 0 Å². The monoisotopic (exact) mass is 382 g/mol. The third kappa shape index (κ3) is 3.20. The fourth-order valence-electron chi connectivity index (χ4n) is 4.53. The van der Waals surface area contributed by atoms with Gasteiger partial charge in [0.15, 0.2) is 0 Å². The molecule has 7 heteroatoms. The molecule has 28 heavy (non-hydrogen) atoms. The summed E-state index contributed by atoms with van der Waals surface area (Å²) < 4.78 is 7.26. The van der Waals surface area contributed by atoms with Crippen LogP contribution in [0, 0.1) is 5.41 Å². The van der Waals surface area contributed by atoms with E-state index in [1.54, 1.807) is 22.9 Å². The van der Waals surface area contributed by atoms with Crippen molar-refractivity contribution in [2.45, 2.75) is 25.4 Å². The van der Waals surface area contributed by atoms with Gasteiger partial charge in [-0.25, -0.2) is 4.68 Å². The van der Waals surface area contributed by atoms with E-state index < -0.39 is 5.41 Å². The minimum absolute atomic E-state index is 0.0131. The van der Waals surface area contributed by atoms with Crippen LogP contribution in [0.4, 0.5) is 0 Å². The van der Waals surface area contributed by atoms with Crippen molar-refractivity contribution in [1.29, 1.82) is 0 Å². The first-order valence-corrected chi connectivity index (χ1v) is 9.71. The zero-order chi connectivity index (χ0) is 19.7. The predicted octanol–water partition coefficient (Wildman–Crippen LogP) is 1.97. The number of para-hydroxylation sites is 1. The van der Waals surface area contributed by atoms with Crippen LogP contribution in [-0.2, 0) is 9.53 Å². The number of aromatic nitrogens is 2. The number of piperidine rings is 2. The maximum atomic E-state index is 13.2. The Labute approximate surface area is 164 Å². The maximum Gasteiger partial charge on any atom is 0.256 e. The molecule has 0 aliphatic carbocycles. The number of benzene rings is 1. The summed E-state index contributed by atoms with van der Waals surface area (Å²) in [6.45, 7) is 1.78. The van der Waals surface area contributed by atoms with E-state index in [0.29, 0.717) is 38.0 Å². The highest BCUT2D eigenvalue weighted by Gasteiger charge is 2.48. The number of hydrogen-bond acceptors (Lipinski definition) is 4. The van der Waals surface area contributed by atoms with E-state index in [2.05, 4.69) is 5.10 Å². The van der Waals surface area contributed by atoms with Crippen LogP contribution in [0.3, 0.4) is 0 Å². The molecule has 0 N–H and O–H groups in total. The summed E-state index contributed by atoms with van der Waals surface area (Å²) in [7, 11) is 3.54. The zero-order valence-electron chi connectivity index (χ0n) is 16.4. The second-order valence-corrected chi connectivity index (χ2v) is 7.79. The molecule has 1 unspecified atom stereocenters. The number of hydrogen-bond donors (Lipinski definition) is 0. The van der Waals surface area contributed by atoms with Gasteiger partial charge < -0.3 is 14.5 Å². The molecule has 2 fully saturated rings. The first-order valence-electron chi connectivity index (χ1n) is 9.71. The SMILES string of the molecule is COC1CN(C)C(=O)C2(CCN(C(=O)c3ccccc3-n3cccn3)CC2)C1. The van der Waals surface area contributed by atoms with Crippen molar-refractivity contribution in [3.63, 3.8) is 0 Å². The Morgan fingerprint density at radius 3 is 2.64 bits per heavy atom. The third-order valence-electron chi connectivity index (χ3n) is 6.12. The molecular formula is C21H26N4O3. The summed E-state index contributed by atoms with van der Waals surface area (Å²) in [6, 6.07) is 9.34. The van der Waals surface area contributed by atoms with Gasteiger partial charge in [0.05, 0.1) is 22.8 Å². The second-order valence-electron chi connectivity index (χ2n) is 7.79. The van der Waals surface area contributed by atoms with Crippen LogP contribution in [0.2, 0.25) is 0 Å². The number of likely N-dealkylation sites (N-methyl/N-ethyl adjacent to an activating group) is 1. The number of rotatable bonds is 3. The smallest absolute Gasteiger partial charge is 0.256 e. The summed E-state index contributed by atoms with van der Waals surface area (Å²) in [5.74, 6) is 0.172. The molecular weight excluding hydrogens is 356 g/mol. The van der Waals surface area contributed by atoms with Crippen LogP contribution < -0.4 is 0 Å². The van der Waals surface area contributed by atoms with E-state index in [9.17, 15) is 9.59 Å². The van der Waals surface area contributed by atoms with E-state index in [-0.39, 0.29) is 17.9 Å². The first-order chi connectivity index (χ1) is 13.5. The number of methoxy groups -OCH3 is 1. The summed E-state index contributed by atoms with van der Waals surface area (Å²) in [6.07, 6.45) is 5.67. The number of amides is 2. The van der Waals surface area contributed by atoms with Crippen molar-refractivity contribution in [2.75, 3.05) is 33.8 Å². The van der Waals surface area contributed by atoms with Gasteiger partial charge in [0.2, 0.25) is 5.91 Å². The minimum Gasteiger partial charge on any atom is -0.380 e. The van der Waals surface area contributed by atoms with Crippen molar-refractivity contribution in [1.82, 2.24) is 19.6 Å². The Morgan fingerprint density at radius 2 is 1.96 bits per heavy atom.